The fourth-order valence-corrected chi connectivity index (χ4v) is 2.01. The number of ether oxygens (including phenoxy) is 2. The standard InChI is InChI=1S/C15H21N3O2/c1-11(15-5-6-18(2)17-15)16-10-12-7-13(19-3)9-14(8-12)20-4/h5-9,11,16H,10H2,1-4H3. The molecule has 0 aliphatic heterocycles. The van der Waals surface area contributed by atoms with Gasteiger partial charge in [-0.15, -0.1) is 0 Å². The Morgan fingerprint density at radius 2 is 1.85 bits per heavy atom. The minimum atomic E-state index is 0.188. The lowest BCUT2D eigenvalue weighted by Crippen LogP contribution is -2.18. The van der Waals surface area contributed by atoms with Crippen molar-refractivity contribution in [2.45, 2.75) is 19.5 Å². The lowest BCUT2D eigenvalue weighted by atomic mass is 10.1. The number of hydrogen-bond acceptors (Lipinski definition) is 4. The Bertz CT molecular complexity index is 544. The Morgan fingerprint density at radius 1 is 1.20 bits per heavy atom. The van der Waals surface area contributed by atoms with Gasteiger partial charge in [0.25, 0.3) is 0 Å². The van der Waals surface area contributed by atoms with Crippen LogP contribution in [0.5, 0.6) is 11.5 Å². The van der Waals surface area contributed by atoms with Crippen LogP contribution in [0.2, 0.25) is 0 Å². The number of aromatic nitrogens is 2. The predicted molar refractivity (Wildman–Crippen MR) is 78.0 cm³/mol. The summed E-state index contributed by atoms with van der Waals surface area (Å²) in [5.74, 6) is 1.60. The topological polar surface area (TPSA) is 48.3 Å². The van der Waals surface area contributed by atoms with E-state index in [0.717, 1.165) is 29.3 Å². The maximum Gasteiger partial charge on any atom is 0.122 e. The van der Waals surface area contributed by atoms with Crippen molar-refractivity contribution in [3.63, 3.8) is 0 Å². The van der Waals surface area contributed by atoms with E-state index in [2.05, 4.69) is 17.3 Å². The zero-order chi connectivity index (χ0) is 14.5. The molecular formula is C15H21N3O2. The molecule has 1 aromatic heterocycles. The normalized spacial score (nSPS) is 12.2. The van der Waals surface area contributed by atoms with E-state index < -0.39 is 0 Å². The second-order valence-electron chi connectivity index (χ2n) is 4.74. The maximum absolute atomic E-state index is 5.27. The fraction of sp³-hybridized carbons (Fsp3) is 0.400. The summed E-state index contributed by atoms with van der Waals surface area (Å²) in [6, 6.07) is 8.07. The van der Waals surface area contributed by atoms with E-state index in [4.69, 9.17) is 9.47 Å². The summed E-state index contributed by atoms with van der Waals surface area (Å²) in [4.78, 5) is 0. The largest absolute Gasteiger partial charge is 0.497 e. The highest BCUT2D eigenvalue weighted by atomic mass is 16.5. The highest BCUT2D eigenvalue weighted by Crippen LogP contribution is 2.22. The van der Waals surface area contributed by atoms with Gasteiger partial charge in [-0.25, -0.2) is 0 Å². The number of nitrogens with one attached hydrogen (secondary N) is 1. The molecule has 1 aromatic carbocycles. The van der Waals surface area contributed by atoms with Gasteiger partial charge in [0.05, 0.1) is 19.9 Å². The molecule has 0 fully saturated rings. The average molecular weight is 275 g/mol. The number of methoxy groups -OCH3 is 2. The molecule has 0 saturated carbocycles. The van der Waals surface area contributed by atoms with Crippen molar-refractivity contribution < 1.29 is 9.47 Å². The molecule has 5 nitrogen and oxygen atoms in total. The molecule has 1 atom stereocenters. The van der Waals surface area contributed by atoms with Crippen molar-refractivity contribution in [2.75, 3.05) is 14.2 Å². The molecule has 0 amide bonds. The van der Waals surface area contributed by atoms with Gasteiger partial charge < -0.3 is 14.8 Å². The van der Waals surface area contributed by atoms with E-state index in [1.807, 2.05) is 42.2 Å². The smallest absolute Gasteiger partial charge is 0.122 e. The number of aryl methyl sites for hydroxylation is 1. The van der Waals surface area contributed by atoms with E-state index in [-0.39, 0.29) is 6.04 Å². The zero-order valence-electron chi connectivity index (χ0n) is 12.4. The lowest BCUT2D eigenvalue weighted by molar-refractivity contribution is 0.392. The second-order valence-corrected chi connectivity index (χ2v) is 4.74. The van der Waals surface area contributed by atoms with E-state index in [1.165, 1.54) is 0 Å². The molecule has 0 bridgehead atoms. The van der Waals surface area contributed by atoms with Gasteiger partial charge in [0.2, 0.25) is 0 Å². The van der Waals surface area contributed by atoms with Crippen LogP contribution in [0.1, 0.15) is 24.2 Å². The molecule has 0 aliphatic carbocycles. The summed E-state index contributed by atoms with van der Waals surface area (Å²) < 4.78 is 12.3. The summed E-state index contributed by atoms with van der Waals surface area (Å²) in [5, 5.41) is 7.84. The van der Waals surface area contributed by atoms with E-state index in [9.17, 15) is 0 Å². The average Bonchev–Trinajstić information content (AvgIpc) is 2.91. The third-order valence-electron chi connectivity index (χ3n) is 3.20. The van der Waals surface area contributed by atoms with E-state index in [1.54, 1.807) is 14.2 Å². The SMILES string of the molecule is COc1cc(CNC(C)c2ccn(C)n2)cc(OC)c1. The lowest BCUT2D eigenvalue weighted by Gasteiger charge is -2.13. The summed E-state index contributed by atoms with van der Waals surface area (Å²) in [7, 11) is 5.23. The summed E-state index contributed by atoms with van der Waals surface area (Å²) in [6.45, 7) is 2.82. The summed E-state index contributed by atoms with van der Waals surface area (Å²) in [6.07, 6.45) is 1.95. The highest BCUT2D eigenvalue weighted by Gasteiger charge is 2.08. The summed E-state index contributed by atoms with van der Waals surface area (Å²) in [5.41, 5.74) is 2.14. The molecule has 0 spiro atoms. The van der Waals surface area contributed by atoms with Gasteiger partial charge in [0.1, 0.15) is 11.5 Å². The van der Waals surface area contributed by atoms with Gasteiger partial charge in [0.15, 0.2) is 0 Å². The van der Waals surface area contributed by atoms with Crippen molar-refractivity contribution in [1.29, 1.82) is 0 Å². The number of hydrogen-bond donors (Lipinski definition) is 1. The van der Waals surface area contributed by atoms with Gasteiger partial charge in [-0.05, 0) is 30.7 Å². The van der Waals surface area contributed by atoms with Crippen molar-refractivity contribution in [2.24, 2.45) is 7.05 Å². The van der Waals surface area contributed by atoms with Gasteiger partial charge in [0, 0.05) is 31.9 Å². The van der Waals surface area contributed by atoms with Crippen LogP contribution < -0.4 is 14.8 Å². The van der Waals surface area contributed by atoms with Crippen molar-refractivity contribution >= 4 is 0 Å². The Kier molecular flexibility index (Phi) is 4.63. The number of benzene rings is 1. The van der Waals surface area contributed by atoms with Crippen molar-refractivity contribution in [3.05, 3.63) is 41.7 Å². The zero-order valence-corrected chi connectivity index (χ0v) is 12.4. The molecule has 20 heavy (non-hydrogen) atoms. The van der Waals surface area contributed by atoms with Crippen LogP contribution >= 0.6 is 0 Å². The minimum absolute atomic E-state index is 0.188. The molecular weight excluding hydrogens is 254 g/mol. The fourth-order valence-electron chi connectivity index (χ4n) is 2.01. The van der Waals surface area contributed by atoms with Gasteiger partial charge >= 0.3 is 0 Å². The molecule has 2 rings (SSSR count). The summed E-state index contributed by atoms with van der Waals surface area (Å²) >= 11 is 0. The molecule has 0 radical (unpaired) electrons. The maximum atomic E-state index is 5.27. The van der Waals surface area contributed by atoms with Crippen molar-refractivity contribution in [1.82, 2.24) is 15.1 Å². The van der Waals surface area contributed by atoms with Crippen LogP contribution in [-0.2, 0) is 13.6 Å². The van der Waals surface area contributed by atoms with Crippen molar-refractivity contribution in [3.8, 4) is 11.5 Å². The minimum Gasteiger partial charge on any atom is -0.497 e. The molecule has 0 aliphatic rings. The van der Waals surface area contributed by atoms with Crippen LogP contribution in [0.4, 0.5) is 0 Å². The van der Waals surface area contributed by atoms with Crippen LogP contribution in [0, 0.1) is 0 Å². The molecule has 0 saturated heterocycles. The Hall–Kier alpha value is -2.01. The van der Waals surface area contributed by atoms with Gasteiger partial charge in [-0.2, -0.15) is 5.10 Å². The first-order valence-corrected chi connectivity index (χ1v) is 6.57. The van der Waals surface area contributed by atoms with Crippen LogP contribution in [0.3, 0.4) is 0 Å². The first kappa shape index (κ1) is 14.4. The Morgan fingerprint density at radius 3 is 2.35 bits per heavy atom. The van der Waals surface area contributed by atoms with Crippen LogP contribution in [0.15, 0.2) is 30.5 Å². The van der Waals surface area contributed by atoms with Gasteiger partial charge in [-0.1, -0.05) is 0 Å². The molecule has 108 valence electrons. The number of rotatable bonds is 6. The van der Waals surface area contributed by atoms with E-state index >= 15 is 0 Å². The first-order valence-electron chi connectivity index (χ1n) is 6.57. The highest BCUT2D eigenvalue weighted by molar-refractivity contribution is 5.38. The molecule has 1 heterocycles. The monoisotopic (exact) mass is 275 g/mol. The molecule has 5 heteroatoms. The Balaban J connectivity index is 2.03. The third-order valence-corrected chi connectivity index (χ3v) is 3.20. The second kappa shape index (κ2) is 6.43. The molecule has 1 unspecified atom stereocenters. The predicted octanol–water partition coefficient (Wildman–Crippen LogP) is 2.29. The van der Waals surface area contributed by atoms with E-state index in [0.29, 0.717) is 0 Å². The molecule has 1 N–H and O–H groups in total. The number of nitrogens with zero attached hydrogens (tertiary/aromatic N) is 2. The van der Waals surface area contributed by atoms with Crippen LogP contribution in [0.25, 0.3) is 0 Å². The quantitative estimate of drug-likeness (QED) is 0.878. The molecule has 2 aromatic rings. The first-order chi connectivity index (χ1) is 9.62. The van der Waals surface area contributed by atoms with Crippen LogP contribution in [-0.4, -0.2) is 24.0 Å². The van der Waals surface area contributed by atoms with Gasteiger partial charge in [-0.3, -0.25) is 4.68 Å². The third kappa shape index (κ3) is 3.51. The Labute approximate surface area is 119 Å².